The van der Waals surface area contributed by atoms with Gasteiger partial charge in [0.1, 0.15) is 6.10 Å². The van der Waals surface area contributed by atoms with Gasteiger partial charge < -0.3 is 19.7 Å². The fourth-order valence-corrected chi connectivity index (χ4v) is 1.77. The molecular formula is C11H14O4. The quantitative estimate of drug-likeness (QED) is 0.770. The molecule has 1 fully saturated rings. The molecule has 0 amide bonds. The fraction of sp³-hybridized carbons (Fsp3) is 0.455. The van der Waals surface area contributed by atoms with E-state index in [0.29, 0.717) is 18.8 Å². The predicted molar refractivity (Wildman–Crippen MR) is 54.0 cm³/mol. The highest BCUT2D eigenvalue weighted by atomic mass is 16.5. The summed E-state index contributed by atoms with van der Waals surface area (Å²) in [6, 6.07) is 4.97. The number of aliphatic hydroxyl groups is 1. The first-order chi connectivity index (χ1) is 7.22. The minimum absolute atomic E-state index is 0.0914. The van der Waals surface area contributed by atoms with Crippen LogP contribution in [0.4, 0.5) is 0 Å². The van der Waals surface area contributed by atoms with Crippen molar-refractivity contribution in [1.29, 1.82) is 0 Å². The summed E-state index contributed by atoms with van der Waals surface area (Å²) in [5.41, 5.74) is 0.828. The third-order valence-corrected chi connectivity index (χ3v) is 2.59. The SMILES string of the molecule is COc1cc([C@H]2OCC[C@@H]2O)ccc1O. The Morgan fingerprint density at radius 2 is 2.27 bits per heavy atom. The van der Waals surface area contributed by atoms with Gasteiger partial charge in [-0.25, -0.2) is 0 Å². The summed E-state index contributed by atoms with van der Waals surface area (Å²) >= 11 is 0. The maximum Gasteiger partial charge on any atom is 0.160 e. The molecule has 0 radical (unpaired) electrons. The van der Waals surface area contributed by atoms with E-state index in [0.717, 1.165) is 5.56 Å². The molecule has 1 aromatic carbocycles. The molecule has 2 atom stereocenters. The van der Waals surface area contributed by atoms with Gasteiger partial charge in [0.25, 0.3) is 0 Å². The van der Waals surface area contributed by atoms with Gasteiger partial charge in [0.15, 0.2) is 11.5 Å². The lowest BCUT2D eigenvalue weighted by molar-refractivity contribution is 0.0416. The van der Waals surface area contributed by atoms with Crippen LogP contribution in [0.2, 0.25) is 0 Å². The molecule has 2 N–H and O–H groups in total. The van der Waals surface area contributed by atoms with E-state index in [1.807, 2.05) is 0 Å². The van der Waals surface area contributed by atoms with Crippen molar-refractivity contribution in [2.24, 2.45) is 0 Å². The fourth-order valence-electron chi connectivity index (χ4n) is 1.77. The van der Waals surface area contributed by atoms with Crippen LogP contribution in [-0.4, -0.2) is 30.0 Å². The molecule has 1 heterocycles. The summed E-state index contributed by atoms with van der Waals surface area (Å²) in [5.74, 6) is 0.490. The minimum Gasteiger partial charge on any atom is -0.504 e. The number of hydrogen-bond donors (Lipinski definition) is 2. The molecular weight excluding hydrogens is 196 g/mol. The number of phenols is 1. The van der Waals surface area contributed by atoms with Crippen LogP contribution in [0, 0.1) is 0 Å². The Bertz CT molecular complexity index is 350. The molecule has 4 nitrogen and oxygen atoms in total. The van der Waals surface area contributed by atoms with Crippen LogP contribution < -0.4 is 4.74 Å². The number of rotatable bonds is 2. The summed E-state index contributed by atoms with van der Waals surface area (Å²) in [4.78, 5) is 0. The van der Waals surface area contributed by atoms with Gasteiger partial charge in [-0.3, -0.25) is 0 Å². The Morgan fingerprint density at radius 3 is 2.87 bits per heavy atom. The van der Waals surface area contributed by atoms with Crippen LogP contribution in [0.1, 0.15) is 18.1 Å². The van der Waals surface area contributed by atoms with Crippen LogP contribution in [0.3, 0.4) is 0 Å². The highest BCUT2D eigenvalue weighted by Gasteiger charge is 2.28. The number of ether oxygens (including phenoxy) is 2. The first-order valence-corrected chi connectivity index (χ1v) is 4.89. The summed E-state index contributed by atoms with van der Waals surface area (Å²) in [5, 5.41) is 19.1. The van der Waals surface area contributed by atoms with Crippen molar-refractivity contribution in [3.05, 3.63) is 23.8 Å². The van der Waals surface area contributed by atoms with Crippen molar-refractivity contribution in [3.63, 3.8) is 0 Å². The van der Waals surface area contributed by atoms with Gasteiger partial charge in [-0.05, 0) is 24.1 Å². The van der Waals surface area contributed by atoms with E-state index in [9.17, 15) is 10.2 Å². The zero-order valence-electron chi connectivity index (χ0n) is 8.51. The van der Waals surface area contributed by atoms with Crippen LogP contribution >= 0.6 is 0 Å². The Labute approximate surface area is 88.1 Å². The van der Waals surface area contributed by atoms with Crippen molar-refractivity contribution < 1.29 is 19.7 Å². The number of phenolic OH excluding ortho intramolecular Hbond substituents is 1. The third kappa shape index (κ3) is 1.91. The van der Waals surface area contributed by atoms with E-state index in [2.05, 4.69) is 0 Å². The molecule has 0 bridgehead atoms. The molecule has 0 aromatic heterocycles. The second-order valence-corrected chi connectivity index (χ2v) is 3.58. The third-order valence-electron chi connectivity index (χ3n) is 2.59. The molecule has 0 unspecified atom stereocenters. The van der Waals surface area contributed by atoms with Gasteiger partial charge in [-0.15, -0.1) is 0 Å². The van der Waals surface area contributed by atoms with Gasteiger partial charge in [-0.1, -0.05) is 6.07 Å². The van der Waals surface area contributed by atoms with Crippen molar-refractivity contribution in [1.82, 2.24) is 0 Å². The maximum atomic E-state index is 9.65. The van der Waals surface area contributed by atoms with Gasteiger partial charge in [-0.2, -0.15) is 0 Å². The normalized spacial score (nSPS) is 25.5. The first-order valence-electron chi connectivity index (χ1n) is 4.89. The second-order valence-electron chi connectivity index (χ2n) is 3.58. The van der Waals surface area contributed by atoms with E-state index < -0.39 is 6.10 Å². The number of benzene rings is 1. The van der Waals surface area contributed by atoms with Gasteiger partial charge in [0, 0.05) is 0 Å². The van der Waals surface area contributed by atoms with Crippen LogP contribution in [-0.2, 0) is 4.74 Å². The molecule has 1 saturated heterocycles. The zero-order chi connectivity index (χ0) is 10.8. The number of hydrogen-bond acceptors (Lipinski definition) is 4. The Kier molecular flexibility index (Phi) is 2.79. The van der Waals surface area contributed by atoms with Gasteiger partial charge in [0.2, 0.25) is 0 Å². The summed E-state index contributed by atoms with van der Waals surface area (Å²) in [7, 11) is 1.49. The van der Waals surface area contributed by atoms with E-state index in [1.54, 1.807) is 18.2 Å². The molecule has 4 heteroatoms. The van der Waals surface area contributed by atoms with Gasteiger partial charge >= 0.3 is 0 Å². The lowest BCUT2D eigenvalue weighted by atomic mass is 10.0. The number of aliphatic hydroxyl groups excluding tert-OH is 1. The number of methoxy groups -OCH3 is 1. The van der Waals surface area contributed by atoms with Gasteiger partial charge in [0.05, 0.1) is 19.8 Å². The first kappa shape index (κ1) is 10.3. The highest BCUT2D eigenvalue weighted by Crippen LogP contribution is 2.34. The maximum absolute atomic E-state index is 9.65. The van der Waals surface area contributed by atoms with Crippen molar-refractivity contribution >= 4 is 0 Å². The predicted octanol–water partition coefficient (Wildman–Crippen LogP) is 1.22. The summed E-state index contributed by atoms with van der Waals surface area (Å²) in [6.45, 7) is 0.565. The number of aromatic hydroxyl groups is 1. The van der Waals surface area contributed by atoms with E-state index in [4.69, 9.17) is 9.47 Å². The molecule has 82 valence electrons. The molecule has 0 aliphatic carbocycles. The van der Waals surface area contributed by atoms with Crippen LogP contribution in [0.5, 0.6) is 11.5 Å². The monoisotopic (exact) mass is 210 g/mol. The molecule has 1 aromatic rings. The molecule has 1 aliphatic rings. The standard InChI is InChI=1S/C11H14O4/c1-14-10-6-7(2-3-8(10)12)11-9(13)4-5-15-11/h2-3,6,9,11-13H,4-5H2,1H3/t9-,11+/m0/s1. The Morgan fingerprint density at radius 1 is 1.47 bits per heavy atom. The largest absolute Gasteiger partial charge is 0.504 e. The van der Waals surface area contributed by atoms with Crippen LogP contribution in [0.15, 0.2) is 18.2 Å². The average molecular weight is 210 g/mol. The smallest absolute Gasteiger partial charge is 0.160 e. The lowest BCUT2D eigenvalue weighted by Gasteiger charge is -2.15. The van der Waals surface area contributed by atoms with E-state index in [1.165, 1.54) is 7.11 Å². The van der Waals surface area contributed by atoms with Crippen LogP contribution in [0.25, 0.3) is 0 Å². The molecule has 0 spiro atoms. The van der Waals surface area contributed by atoms with Crippen molar-refractivity contribution in [3.8, 4) is 11.5 Å². The summed E-state index contributed by atoms with van der Waals surface area (Å²) in [6.07, 6.45) is -0.132. The highest BCUT2D eigenvalue weighted by molar-refractivity contribution is 5.42. The second kappa shape index (κ2) is 4.08. The topological polar surface area (TPSA) is 58.9 Å². The minimum atomic E-state index is -0.473. The summed E-state index contributed by atoms with van der Waals surface area (Å²) < 4.78 is 10.4. The average Bonchev–Trinajstić information content (AvgIpc) is 2.65. The zero-order valence-corrected chi connectivity index (χ0v) is 8.51. The van der Waals surface area contributed by atoms with E-state index >= 15 is 0 Å². The van der Waals surface area contributed by atoms with Crippen molar-refractivity contribution in [2.75, 3.05) is 13.7 Å². The molecule has 0 saturated carbocycles. The Balaban J connectivity index is 2.28. The molecule has 1 aliphatic heterocycles. The molecule has 2 rings (SSSR count). The van der Waals surface area contributed by atoms with Crippen molar-refractivity contribution in [2.45, 2.75) is 18.6 Å². The molecule has 15 heavy (non-hydrogen) atoms. The lowest BCUT2D eigenvalue weighted by Crippen LogP contribution is -2.12. The van der Waals surface area contributed by atoms with E-state index in [-0.39, 0.29) is 11.9 Å². The Hall–Kier alpha value is -1.26.